The van der Waals surface area contributed by atoms with E-state index in [1.165, 1.54) is 11.1 Å². The van der Waals surface area contributed by atoms with Gasteiger partial charge in [0.1, 0.15) is 6.07 Å². The molecule has 1 aliphatic heterocycles. The maximum absolute atomic E-state index is 9.17. The van der Waals surface area contributed by atoms with Gasteiger partial charge >= 0.3 is 0 Å². The number of ether oxygens (including phenoxy) is 1. The first-order valence-corrected chi connectivity index (χ1v) is 7.70. The molecule has 106 valence electrons. The Morgan fingerprint density at radius 3 is 3.00 bits per heavy atom. The molecule has 1 heterocycles. The van der Waals surface area contributed by atoms with Crippen LogP contribution in [0.4, 0.5) is 5.69 Å². The average molecular weight is 343 g/mol. The Morgan fingerprint density at radius 1 is 1.29 bits per heavy atom. The van der Waals surface area contributed by atoms with Crippen molar-refractivity contribution in [1.29, 1.82) is 5.26 Å². The number of anilines is 1. The smallest absolute Gasteiger partial charge is 0.101 e. The summed E-state index contributed by atoms with van der Waals surface area (Å²) in [5.74, 6) is 0. The fourth-order valence-corrected chi connectivity index (χ4v) is 2.97. The number of halogens is 1. The maximum Gasteiger partial charge on any atom is 0.101 e. The van der Waals surface area contributed by atoms with Crippen LogP contribution in [0.5, 0.6) is 0 Å². The molecule has 0 aromatic heterocycles. The van der Waals surface area contributed by atoms with E-state index in [4.69, 9.17) is 10.00 Å². The van der Waals surface area contributed by atoms with Crippen molar-refractivity contribution < 1.29 is 4.74 Å². The first kappa shape index (κ1) is 14.1. The van der Waals surface area contributed by atoms with E-state index in [1.807, 2.05) is 24.3 Å². The standard InChI is InChI=1S/C17H15BrN2O/c18-14-6-5-13(10-19)16(9-14)20-11-17-15-4-2-1-3-12(15)7-8-21-17/h1-6,9,17,20H,7-8,11H2. The summed E-state index contributed by atoms with van der Waals surface area (Å²) in [5.41, 5.74) is 4.07. The summed E-state index contributed by atoms with van der Waals surface area (Å²) in [5, 5.41) is 12.5. The van der Waals surface area contributed by atoms with Gasteiger partial charge in [0.2, 0.25) is 0 Å². The Labute approximate surface area is 132 Å². The minimum atomic E-state index is 0.0282. The molecule has 0 spiro atoms. The maximum atomic E-state index is 9.17. The van der Waals surface area contributed by atoms with Crippen molar-refractivity contribution in [2.75, 3.05) is 18.5 Å². The summed E-state index contributed by atoms with van der Waals surface area (Å²) in [6.45, 7) is 1.40. The largest absolute Gasteiger partial charge is 0.381 e. The van der Waals surface area contributed by atoms with Crippen molar-refractivity contribution in [2.24, 2.45) is 0 Å². The summed E-state index contributed by atoms with van der Waals surface area (Å²) in [6, 6.07) is 16.2. The molecule has 0 fully saturated rings. The van der Waals surface area contributed by atoms with Gasteiger partial charge in [0.25, 0.3) is 0 Å². The second-order valence-electron chi connectivity index (χ2n) is 4.99. The second-order valence-corrected chi connectivity index (χ2v) is 5.91. The lowest BCUT2D eigenvalue weighted by atomic mass is 9.97. The van der Waals surface area contributed by atoms with Gasteiger partial charge in [-0.05, 0) is 35.7 Å². The van der Waals surface area contributed by atoms with Gasteiger partial charge < -0.3 is 10.1 Å². The third-order valence-electron chi connectivity index (χ3n) is 3.67. The molecular formula is C17H15BrN2O. The number of fused-ring (bicyclic) bond motifs is 1. The molecule has 3 nitrogen and oxygen atoms in total. The number of rotatable bonds is 3. The summed E-state index contributed by atoms with van der Waals surface area (Å²) in [7, 11) is 0. The molecule has 1 atom stereocenters. The van der Waals surface area contributed by atoms with E-state index < -0.39 is 0 Å². The van der Waals surface area contributed by atoms with E-state index in [0.717, 1.165) is 23.2 Å². The first-order valence-electron chi connectivity index (χ1n) is 6.91. The highest BCUT2D eigenvalue weighted by Gasteiger charge is 2.20. The van der Waals surface area contributed by atoms with Crippen molar-refractivity contribution >= 4 is 21.6 Å². The molecule has 1 aliphatic rings. The fraction of sp³-hybridized carbons (Fsp3) is 0.235. The summed E-state index contributed by atoms with van der Waals surface area (Å²) >= 11 is 3.44. The van der Waals surface area contributed by atoms with Gasteiger partial charge in [-0.2, -0.15) is 5.26 Å². The van der Waals surface area contributed by atoms with Crippen LogP contribution in [0.1, 0.15) is 22.8 Å². The minimum Gasteiger partial charge on any atom is -0.381 e. The second kappa shape index (κ2) is 6.30. The van der Waals surface area contributed by atoms with Gasteiger partial charge in [-0.1, -0.05) is 40.2 Å². The monoisotopic (exact) mass is 342 g/mol. The number of nitrogens with zero attached hydrogens (tertiary/aromatic N) is 1. The lowest BCUT2D eigenvalue weighted by Crippen LogP contribution is -2.23. The molecule has 3 rings (SSSR count). The SMILES string of the molecule is N#Cc1ccc(Br)cc1NCC1OCCc2ccccc21. The Morgan fingerprint density at radius 2 is 2.14 bits per heavy atom. The van der Waals surface area contributed by atoms with Crippen LogP contribution < -0.4 is 5.32 Å². The highest BCUT2D eigenvalue weighted by molar-refractivity contribution is 9.10. The average Bonchev–Trinajstić information content (AvgIpc) is 2.53. The lowest BCUT2D eigenvalue weighted by molar-refractivity contribution is 0.0513. The highest BCUT2D eigenvalue weighted by Crippen LogP contribution is 2.28. The van der Waals surface area contributed by atoms with Crippen molar-refractivity contribution in [3.8, 4) is 6.07 Å². The van der Waals surface area contributed by atoms with Gasteiger partial charge in [0, 0.05) is 11.0 Å². The van der Waals surface area contributed by atoms with Crippen molar-refractivity contribution in [3.05, 3.63) is 63.6 Å². The van der Waals surface area contributed by atoms with Crippen LogP contribution in [-0.4, -0.2) is 13.2 Å². The number of hydrogen-bond acceptors (Lipinski definition) is 3. The van der Waals surface area contributed by atoms with E-state index in [0.29, 0.717) is 12.1 Å². The Hall–Kier alpha value is -1.83. The zero-order valence-corrected chi connectivity index (χ0v) is 13.1. The number of benzene rings is 2. The molecule has 2 aromatic carbocycles. The van der Waals surface area contributed by atoms with Crippen LogP contribution in [-0.2, 0) is 11.2 Å². The van der Waals surface area contributed by atoms with E-state index >= 15 is 0 Å². The normalized spacial score (nSPS) is 16.9. The highest BCUT2D eigenvalue weighted by atomic mass is 79.9. The molecule has 0 bridgehead atoms. The minimum absolute atomic E-state index is 0.0282. The van der Waals surface area contributed by atoms with E-state index in [1.54, 1.807) is 0 Å². The van der Waals surface area contributed by atoms with Crippen LogP contribution in [0.15, 0.2) is 46.9 Å². The van der Waals surface area contributed by atoms with E-state index in [2.05, 4.69) is 45.5 Å². The molecule has 1 unspecified atom stereocenters. The Bertz CT molecular complexity index is 693. The predicted molar refractivity (Wildman–Crippen MR) is 86.2 cm³/mol. The molecule has 0 saturated heterocycles. The van der Waals surface area contributed by atoms with Crippen molar-refractivity contribution in [3.63, 3.8) is 0 Å². The van der Waals surface area contributed by atoms with E-state index in [9.17, 15) is 0 Å². The third kappa shape index (κ3) is 3.10. The van der Waals surface area contributed by atoms with Crippen LogP contribution in [0, 0.1) is 11.3 Å². The summed E-state index contributed by atoms with van der Waals surface area (Å²) < 4.78 is 6.83. The molecule has 1 N–H and O–H groups in total. The molecular weight excluding hydrogens is 328 g/mol. The van der Waals surface area contributed by atoms with Crippen molar-refractivity contribution in [1.82, 2.24) is 0 Å². The van der Waals surface area contributed by atoms with Gasteiger partial charge in [-0.15, -0.1) is 0 Å². The predicted octanol–water partition coefficient (Wildman–Crippen LogP) is 4.05. The third-order valence-corrected chi connectivity index (χ3v) is 4.17. The summed E-state index contributed by atoms with van der Waals surface area (Å²) in [4.78, 5) is 0. The number of nitriles is 1. The Balaban J connectivity index is 1.78. The molecule has 2 aromatic rings. The van der Waals surface area contributed by atoms with Gasteiger partial charge in [0.05, 0.1) is 24.0 Å². The van der Waals surface area contributed by atoms with Gasteiger partial charge in [-0.3, -0.25) is 0 Å². The molecule has 21 heavy (non-hydrogen) atoms. The first-order chi connectivity index (χ1) is 10.3. The van der Waals surface area contributed by atoms with Crippen LogP contribution >= 0.6 is 15.9 Å². The topological polar surface area (TPSA) is 45.0 Å². The van der Waals surface area contributed by atoms with Gasteiger partial charge in [-0.25, -0.2) is 0 Å². The molecule has 0 saturated carbocycles. The number of nitrogens with one attached hydrogen (secondary N) is 1. The molecule has 4 heteroatoms. The molecule has 0 radical (unpaired) electrons. The van der Waals surface area contributed by atoms with Crippen LogP contribution in [0.25, 0.3) is 0 Å². The van der Waals surface area contributed by atoms with Gasteiger partial charge in [0.15, 0.2) is 0 Å². The lowest BCUT2D eigenvalue weighted by Gasteiger charge is -2.26. The van der Waals surface area contributed by atoms with E-state index in [-0.39, 0.29) is 6.10 Å². The Kier molecular flexibility index (Phi) is 4.23. The molecule has 0 amide bonds. The number of hydrogen-bond donors (Lipinski definition) is 1. The van der Waals surface area contributed by atoms with Crippen LogP contribution in [0.3, 0.4) is 0 Å². The zero-order valence-electron chi connectivity index (χ0n) is 11.5. The van der Waals surface area contributed by atoms with Crippen LogP contribution in [0.2, 0.25) is 0 Å². The zero-order chi connectivity index (χ0) is 14.7. The quantitative estimate of drug-likeness (QED) is 0.915. The fourth-order valence-electron chi connectivity index (χ4n) is 2.61. The summed E-state index contributed by atoms with van der Waals surface area (Å²) in [6.07, 6.45) is 0.993. The molecule has 0 aliphatic carbocycles. The van der Waals surface area contributed by atoms with Crippen molar-refractivity contribution in [2.45, 2.75) is 12.5 Å².